The quantitative estimate of drug-likeness (QED) is 0.789. The molecule has 2 rings (SSSR count). The van der Waals surface area contributed by atoms with E-state index < -0.39 is 11.6 Å². The Kier molecular flexibility index (Phi) is 3.25. The molecular formula is C12H22O5. The third-order valence-electron chi connectivity index (χ3n) is 3.08. The van der Waals surface area contributed by atoms with E-state index in [0.717, 1.165) is 0 Å². The van der Waals surface area contributed by atoms with Crippen LogP contribution in [0.5, 0.6) is 0 Å². The maximum Gasteiger partial charge on any atom is 0.164 e. The van der Waals surface area contributed by atoms with Gasteiger partial charge in [-0.25, -0.2) is 0 Å². The predicted molar refractivity (Wildman–Crippen MR) is 60.4 cm³/mol. The summed E-state index contributed by atoms with van der Waals surface area (Å²) in [6.07, 6.45) is -0.966. The van der Waals surface area contributed by atoms with E-state index in [-0.39, 0.29) is 31.0 Å². The highest BCUT2D eigenvalue weighted by Crippen LogP contribution is 2.37. The molecule has 2 fully saturated rings. The van der Waals surface area contributed by atoms with Crippen molar-refractivity contribution in [2.45, 2.75) is 70.6 Å². The van der Waals surface area contributed by atoms with Crippen molar-refractivity contribution in [2.24, 2.45) is 0 Å². The van der Waals surface area contributed by atoms with E-state index in [1.165, 1.54) is 0 Å². The average Bonchev–Trinajstić information content (AvgIpc) is 2.62. The van der Waals surface area contributed by atoms with Crippen LogP contribution in [-0.4, -0.2) is 47.7 Å². The van der Waals surface area contributed by atoms with Crippen molar-refractivity contribution in [3.05, 3.63) is 0 Å². The minimum absolute atomic E-state index is 0.0819. The van der Waals surface area contributed by atoms with Gasteiger partial charge in [0.2, 0.25) is 0 Å². The van der Waals surface area contributed by atoms with Crippen LogP contribution >= 0.6 is 0 Å². The van der Waals surface area contributed by atoms with Crippen molar-refractivity contribution in [3.63, 3.8) is 0 Å². The van der Waals surface area contributed by atoms with Gasteiger partial charge in [-0.05, 0) is 34.6 Å². The SMILES string of the molecule is C[C@@H]1OC(C)(C)O[C@@H]1[C@H]1OC(C)(C)O[C@H]1CO. The summed E-state index contributed by atoms with van der Waals surface area (Å²) in [5, 5.41) is 9.34. The summed E-state index contributed by atoms with van der Waals surface area (Å²) in [6.45, 7) is 9.28. The maximum atomic E-state index is 9.34. The van der Waals surface area contributed by atoms with Gasteiger partial charge in [0.15, 0.2) is 11.6 Å². The molecule has 100 valence electrons. The van der Waals surface area contributed by atoms with Crippen LogP contribution in [0.15, 0.2) is 0 Å². The molecule has 2 aliphatic heterocycles. The molecule has 4 atom stereocenters. The molecule has 2 heterocycles. The zero-order valence-electron chi connectivity index (χ0n) is 11.1. The van der Waals surface area contributed by atoms with Gasteiger partial charge in [0.1, 0.15) is 18.3 Å². The fraction of sp³-hybridized carbons (Fsp3) is 1.00. The summed E-state index contributed by atoms with van der Waals surface area (Å²) in [5.74, 6) is -1.30. The van der Waals surface area contributed by atoms with Crippen LogP contribution in [0.2, 0.25) is 0 Å². The molecular weight excluding hydrogens is 224 g/mol. The zero-order chi connectivity index (χ0) is 12.8. The lowest BCUT2D eigenvalue weighted by Crippen LogP contribution is -2.42. The second-order valence-corrected chi connectivity index (χ2v) is 5.63. The predicted octanol–water partition coefficient (Wildman–Crippen LogP) is 1.04. The molecule has 0 amide bonds. The Morgan fingerprint density at radius 3 is 1.88 bits per heavy atom. The van der Waals surface area contributed by atoms with E-state index in [0.29, 0.717) is 0 Å². The topological polar surface area (TPSA) is 57.2 Å². The molecule has 2 saturated heterocycles. The molecule has 0 bridgehead atoms. The number of aliphatic hydroxyl groups excluding tert-OH is 1. The summed E-state index contributed by atoms with van der Waals surface area (Å²) in [7, 11) is 0. The van der Waals surface area contributed by atoms with Crippen LogP contribution in [0, 0.1) is 0 Å². The van der Waals surface area contributed by atoms with Crippen molar-refractivity contribution in [1.82, 2.24) is 0 Å². The second-order valence-electron chi connectivity index (χ2n) is 5.63. The number of hydrogen-bond acceptors (Lipinski definition) is 5. The largest absolute Gasteiger partial charge is 0.394 e. The van der Waals surface area contributed by atoms with E-state index in [2.05, 4.69) is 0 Å². The van der Waals surface area contributed by atoms with E-state index in [1.54, 1.807) is 0 Å². The number of hydrogen-bond donors (Lipinski definition) is 1. The monoisotopic (exact) mass is 246 g/mol. The molecule has 0 aromatic carbocycles. The van der Waals surface area contributed by atoms with Crippen molar-refractivity contribution in [1.29, 1.82) is 0 Å². The Labute approximate surface area is 102 Å². The fourth-order valence-corrected chi connectivity index (χ4v) is 2.58. The van der Waals surface area contributed by atoms with Gasteiger partial charge in [-0.2, -0.15) is 0 Å². The fourth-order valence-electron chi connectivity index (χ4n) is 2.58. The molecule has 2 aliphatic rings. The van der Waals surface area contributed by atoms with Crippen LogP contribution in [0.1, 0.15) is 34.6 Å². The van der Waals surface area contributed by atoms with Crippen LogP contribution in [0.4, 0.5) is 0 Å². The van der Waals surface area contributed by atoms with Gasteiger partial charge in [-0.3, -0.25) is 0 Å². The Hall–Kier alpha value is -0.200. The zero-order valence-corrected chi connectivity index (χ0v) is 11.1. The first kappa shape index (κ1) is 13.2. The molecule has 0 aromatic rings. The van der Waals surface area contributed by atoms with Crippen molar-refractivity contribution >= 4 is 0 Å². The number of rotatable bonds is 2. The third kappa shape index (κ3) is 2.63. The third-order valence-corrected chi connectivity index (χ3v) is 3.08. The summed E-state index contributed by atoms with van der Waals surface area (Å²) < 4.78 is 23.0. The minimum atomic E-state index is -0.687. The van der Waals surface area contributed by atoms with Gasteiger partial charge >= 0.3 is 0 Å². The first-order valence-corrected chi connectivity index (χ1v) is 6.06. The van der Waals surface area contributed by atoms with E-state index in [1.807, 2.05) is 34.6 Å². The first-order chi connectivity index (χ1) is 7.74. The lowest BCUT2D eigenvalue weighted by molar-refractivity contribution is -0.175. The molecule has 1 N–H and O–H groups in total. The second kappa shape index (κ2) is 4.17. The molecule has 0 saturated carbocycles. The van der Waals surface area contributed by atoms with Crippen LogP contribution in [0.25, 0.3) is 0 Å². The maximum absolute atomic E-state index is 9.34. The Bertz CT molecular complexity index is 289. The molecule has 0 unspecified atom stereocenters. The van der Waals surface area contributed by atoms with Gasteiger partial charge in [-0.15, -0.1) is 0 Å². The molecule has 5 heteroatoms. The Balaban J connectivity index is 2.12. The Morgan fingerprint density at radius 1 is 0.882 bits per heavy atom. The molecule has 17 heavy (non-hydrogen) atoms. The number of aliphatic hydroxyl groups is 1. The van der Waals surface area contributed by atoms with Gasteiger partial charge in [0.25, 0.3) is 0 Å². The summed E-state index contributed by atoms with van der Waals surface area (Å²) in [6, 6.07) is 0. The summed E-state index contributed by atoms with van der Waals surface area (Å²) in [5.41, 5.74) is 0. The van der Waals surface area contributed by atoms with Crippen LogP contribution in [-0.2, 0) is 18.9 Å². The smallest absolute Gasteiger partial charge is 0.164 e. The van der Waals surface area contributed by atoms with Crippen LogP contribution in [0.3, 0.4) is 0 Å². The van der Waals surface area contributed by atoms with Gasteiger partial charge < -0.3 is 24.1 Å². The first-order valence-electron chi connectivity index (χ1n) is 6.06. The van der Waals surface area contributed by atoms with E-state index >= 15 is 0 Å². The number of ether oxygens (including phenoxy) is 4. The Morgan fingerprint density at radius 2 is 1.41 bits per heavy atom. The van der Waals surface area contributed by atoms with E-state index in [9.17, 15) is 5.11 Å². The highest BCUT2D eigenvalue weighted by Gasteiger charge is 2.52. The van der Waals surface area contributed by atoms with Gasteiger partial charge in [-0.1, -0.05) is 0 Å². The molecule has 0 spiro atoms. The van der Waals surface area contributed by atoms with Gasteiger partial charge in [0.05, 0.1) is 12.7 Å². The molecule has 0 aromatic heterocycles. The van der Waals surface area contributed by atoms with E-state index in [4.69, 9.17) is 18.9 Å². The van der Waals surface area contributed by atoms with Crippen LogP contribution < -0.4 is 0 Å². The van der Waals surface area contributed by atoms with Gasteiger partial charge in [0, 0.05) is 0 Å². The lowest BCUT2D eigenvalue weighted by Gasteiger charge is -2.24. The van der Waals surface area contributed by atoms with Crippen molar-refractivity contribution in [2.75, 3.05) is 6.61 Å². The normalized spacial score (nSPS) is 44.1. The summed E-state index contributed by atoms with van der Waals surface area (Å²) >= 11 is 0. The highest BCUT2D eigenvalue weighted by molar-refractivity contribution is 4.93. The van der Waals surface area contributed by atoms with Crippen molar-refractivity contribution in [3.8, 4) is 0 Å². The van der Waals surface area contributed by atoms with Crippen molar-refractivity contribution < 1.29 is 24.1 Å². The molecule has 5 nitrogen and oxygen atoms in total. The average molecular weight is 246 g/mol. The summed E-state index contributed by atoms with van der Waals surface area (Å²) in [4.78, 5) is 0. The standard InChI is InChI=1S/C12H22O5/c1-7-9(16-11(2,3)14-7)10-8(6-13)15-12(4,5)17-10/h7-10,13H,6H2,1-5H3/t7-,8-,9-,10-/m0/s1. The highest BCUT2D eigenvalue weighted by atomic mass is 16.8. The molecule has 0 aliphatic carbocycles. The minimum Gasteiger partial charge on any atom is -0.394 e. The molecule has 0 radical (unpaired) electrons. The lowest BCUT2D eigenvalue weighted by atomic mass is 10.0.